The van der Waals surface area contributed by atoms with Crippen LogP contribution in [0.5, 0.6) is 0 Å². The number of methoxy groups -OCH3 is 1. The number of amides is 1. The van der Waals surface area contributed by atoms with Crippen LogP contribution in [0.25, 0.3) is 0 Å². The highest BCUT2D eigenvalue weighted by Crippen LogP contribution is 2.22. The Bertz CT molecular complexity index is 348. The third kappa shape index (κ3) is 4.37. The van der Waals surface area contributed by atoms with Crippen molar-refractivity contribution in [3.63, 3.8) is 0 Å². The minimum absolute atomic E-state index is 0.145. The summed E-state index contributed by atoms with van der Waals surface area (Å²) < 4.78 is 15.6. The van der Waals surface area contributed by atoms with E-state index in [4.69, 9.17) is 14.2 Å². The standard InChI is InChI=1S/C14H25NO5/c1-6-7-10-8-19-9-11(12(16)18-5)15(10)13(17)20-14(2,3)4/h10-11H,6-9H2,1-5H3/t10-,11-/m1/s1. The van der Waals surface area contributed by atoms with Crippen LogP contribution >= 0.6 is 0 Å². The summed E-state index contributed by atoms with van der Waals surface area (Å²) >= 11 is 0. The first-order valence-electron chi connectivity index (χ1n) is 6.97. The maximum Gasteiger partial charge on any atom is 0.411 e. The van der Waals surface area contributed by atoms with Gasteiger partial charge in [0.05, 0.1) is 26.4 Å². The summed E-state index contributed by atoms with van der Waals surface area (Å²) in [5.74, 6) is -0.475. The van der Waals surface area contributed by atoms with Gasteiger partial charge in [-0.2, -0.15) is 0 Å². The largest absolute Gasteiger partial charge is 0.467 e. The van der Waals surface area contributed by atoms with Gasteiger partial charge in [-0.05, 0) is 27.2 Å². The van der Waals surface area contributed by atoms with E-state index in [1.165, 1.54) is 12.0 Å². The van der Waals surface area contributed by atoms with E-state index in [0.29, 0.717) is 6.61 Å². The number of hydrogen-bond acceptors (Lipinski definition) is 5. The van der Waals surface area contributed by atoms with Crippen molar-refractivity contribution in [3.8, 4) is 0 Å². The molecule has 20 heavy (non-hydrogen) atoms. The number of carbonyl (C=O) groups is 2. The molecule has 2 atom stereocenters. The second kappa shape index (κ2) is 6.92. The second-order valence-corrected chi connectivity index (χ2v) is 5.91. The van der Waals surface area contributed by atoms with E-state index in [2.05, 4.69) is 0 Å². The maximum absolute atomic E-state index is 12.4. The molecule has 116 valence electrons. The summed E-state index contributed by atoms with van der Waals surface area (Å²) in [5.41, 5.74) is -0.604. The van der Waals surface area contributed by atoms with Crippen LogP contribution < -0.4 is 0 Å². The van der Waals surface area contributed by atoms with Gasteiger partial charge in [-0.1, -0.05) is 13.3 Å². The summed E-state index contributed by atoms with van der Waals surface area (Å²) in [6.07, 6.45) is 1.16. The molecule has 0 aromatic carbocycles. The molecule has 1 amide bonds. The van der Waals surface area contributed by atoms with Gasteiger partial charge in [0.2, 0.25) is 0 Å². The third-order valence-corrected chi connectivity index (χ3v) is 3.01. The number of carbonyl (C=O) groups excluding carboxylic acids is 2. The first-order valence-corrected chi connectivity index (χ1v) is 6.97. The van der Waals surface area contributed by atoms with Crippen molar-refractivity contribution in [1.29, 1.82) is 0 Å². The molecule has 0 saturated carbocycles. The molecule has 6 heteroatoms. The Morgan fingerprint density at radius 1 is 1.30 bits per heavy atom. The molecule has 1 aliphatic heterocycles. The van der Waals surface area contributed by atoms with E-state index in [1.54, 1.807) is 20.8 Å². The lowest BCUT2D eigenvalue weighted by molar-refractivity contribution is -0.156. The lowest BCUT2D eigenvalue weighted by Crippen LogP contribution is -2.59. The van der Waals surface area contributed by atoms with Crippen LogP contribution in [0.15, 0.2) is 0 Å². The van der Waals surface area contributed by atoms with Crippen molar-refractivity contribution in [3.05, 3.63) is 0 Å². The Hall–Kier alpha value is -1.30. The maximum atomic E-state index is 12.4. The fourth-order valence-electron chi connectivity index (χ4n) is 2.20. The first-order chi connectivity index (χ1) is 9.30. The summed E-state index contributed by atoms with van der Waals surface area (Å²) in [7, 11) is 1.30. The normalized spacial score (nSPS) is 23.4. The van der Waals surface area contributed by atoms with E-state index < -0.39 is 23.7 Å². The van der Waals surface area contributed by atoms with Gasteiger partial charge in [-0.25, -0.2) is 9.59 Å². The summed E-state index contributed by atoms with van der Waals surface area (Å²) in [6, 6.07) is -0.896. The summed E-state index contributed by atoms with van der Waals surface area (Å²) in [5, 5.41) is 0. The van der Waals surface area contributed by atoms with Gasteiger partial charge < -0.3 is 14.2 Å². The van der Waals surface area contributed by atoms with Gasteiger partial charge in [0, 0.05) is 0 Å². The topological polar surface area (TPSA) is 65.1 Å². The minimum atomic E-state index is -0.736. The molecule has 0 aromatic rings. The van der Waals surface area contributed by atoms with Crippen molar-refractivity contribution in [2.45, 2.75) is 58.2 Å². The van der Waals surface area contributed by atoms with E-state index in [0.717, 1.165) is 12.8 Å². The van der Waals surface area contributed by atoms with Crippen molar-refractivity contribution < 1.29 is 23.8 Å². The van der Waals surface area contributed by atoms with Crippen molar-refractivity contribution >= 4 is 12.1 Å². The molecule has 1 fully saturated rings. The molecular formula is C14H25NO5. The van der Waals surface area contributed by atoms with Crippen molar-refractivity contribution in [1.82, 2.24) is 4.90 Å². The Kier molecular flexibility index (Phi) is 5.80. The van der Waals surface area contributed by atoms with E-state index in [1.807, 2.05) is 6.92 Å². The minimum Gasteiger partial charge on any atom is -0.467 e. The number of hydrogen-bond donors (Lipinski definition) is 0. The SMILES string of the molecule is CCC[C@@H]1COC[C@H](C(=O)OC)N1C(=O)OC(C)(C)C. The van der Waals surface area contributed by atoms with E-state index in [-0.39, 0.29) is 12.6 Å². The lowest BCUT2D eigenvalue weighted by Gasteiger charge is -2.40. The Balaban J connectivity index is 2.93. The Morgan fingerprint density at radius 2 is 1.95 bits per heavy atom. The lowest BCUT2D eigenvalue weighted by atomic mass is 10.1. The quantitative estimate of drug-likeness (QED) is 0.742. The molecule has 1 aliphatic rings. The van der Waals surface area contributed by atoms with E-state index in [9.17, 15) is 9.59 Å². The molecule has 0 aromatic heterocycles. The first kappa shape index (κ1) is 16.8. The number of morpholine rings is 1. The zero-order chi connectivity index (χ0) is 15.3. The molecule has 0 radical (unpaired) electrons. The van der Waals surface area contributed by atoms with Gasteiger partial charge in [0.1, 0.15) is 5.60 Å². The molecule has 0 unspecified atom stereocenters. The van der Waals surface area contributed by atoms with Gasteiger partial charge in [-0.15, -0.1) is 0 Å². The predicted octanol–water partition coefficient (Wildman–Crippen LogP) is 1.96. The Morgan fingerprint density at radius 3 is 2.45 bits per heavy atom. The van der Waals surface area contributed by atoms with Gasteiger partial charge in [0.15, 0.2) is 6.04 Å². The summed E-state index contributed by atoms with van der Waals surface area (Å²) in [4.78, 5) is 25.7. The highest BCUT2D eigenvalue weighted by atomic mass is 16.6. The van der Waals surface area contributed by atoms with Crippen LogP contribution in [0, 0.1) is 0 Å². The smallest absolute Gasteiger partial charge is 0.411 e. The molecule has 1 rings (SSSR count). The molecular weight excluding hydrogens is 262 g/mol. The predicted molar refractivity (Wildman–Crippen MR) is 73.4 cm³/mol. The van der Waals surface area contributed by atoms with Crippen LogP contribution in [-0.4, -0.2) is 55.0 Å². The average molecular weight is 287 g/mol. The van der Waals surface area contributed by atoms with Crippen molar-refractivity contribution in [2.24, 2.45) is 0 Å². The third-order valence-electron chi connectivity index (χ3n) is 3.01. The Labute approximate surface area is 120 Å². The van der Waals surface area contributed by atoms with Gasteiger partial charge in [-0.3, -0.25) is 4.90 Å². The fraction of sp³-hybridized carbons (Fsp3) is 0.857. The number of nitrogens with zero attached hydrogens (tertiary/aromatic N) is 1. The molecule has 0 bridgehead atoms. The number of ether oxygens (including phenoxy) is 3. The second-order valence-electron chi connectivity index (χ2n) is 5.91. The molecule has 0 spiro atoms. The zero-order valence-electron chi connectivity index (χ0n) is 13.0. The molecule has 6 nitrogen and oxygen atoms in total. The molecule has 1 saturated heterocycles. The van der Waals surface area contributed by atoms with Crippen LogP contribution in [-0.2, 0) is 19.0 Å². The highest BCUT2D eigenvalue weighted by Gasteiger charge is 2.41. The number of esters is 1. The van der Waals surface area contributed by atoms with Crippen LogP contribution in [0.3, 0.4) is 0 Å². The molecule has 0 aliphatic carbocycles. The van der Waals surface area contributed by atoms with Gasteiger partial charge >= 0.3 is 12.1 Å². The average Bonchev–Trinajstić information content (AvgIpc) is 2.35. The molecule has 1 heterocycles. The van der Waals surface area contributed by atoms with Crippen LogP contribution in [0.2, 0.25) is 0 Å². The monoisotopic (exact) mass is 287 g/mol. The van der Waals surface area contributed by atoms with Crippen LogP contribution in [0.1, 0.15) is 40.5 Å². The number of rotatable bonds is 3. The van der Waals surface area contributed by atoms with E-state index >= 15 is 0 Å². The van der Waals surface area contributed by atoms with Crippen LogP contribution in [0.4, 0.5) is 4.79 Å². The van der Waals surface area contributed by atoms with Gasteiger partial charge in [0.25, 0.3) is 0 Å². The molecule has 0 N–H and O–H groups in total. The van der Waals surface area contributed by atoms with Crippen molar-refractivity contribution in [2.75, 3.05) is 20.3 Å². The highest BCUT2D eigenvalue weighted by molar-refractivity contribution is 5.82. The summed E-state index contributed by atoms with van der Waals surface area (Å²) in [6.45, 7) is 7.98. The zero-order valence-corrected chi connectivity index (χ0v) is 13.0. The fourth-order valence-corrected chi connectivity index (χ4v) is 2.20.